The van der Waals surface area contributed by atoms with Crippen LogP contribution in [-0.4, -0.2) is 27.6 Å². The van der Waals surface area contributed by atoms with Crippen molar-refractivity contribution < 1.29 is 9.59 Å². The molecule has 3 N–H and O–H groups in total. The lowest BCUT2D eigenvalue weighted by molar-refractivity contribution is -0.118. The number of para-hydroxylation sites is 1. The monoisotopic (exact) mass is 562 g/mol. The third-order valence-corrected chi connectivity index (χ3v) is 9.64. The summed E-state index contributed by atoms with van der Waals surface area (Å²) in [5.74, 6) is -0.184. The van der Waals surface area contributed by atoms with E-state index in [9.17, 15) is 14.9 Å². The van der Waals surface area contributed by atoms with Gasteiger partial charge < -0.3 is 11.1 Å². The van der Waals surface area contributed by atoms with Crippen molar-refractivity contribution in [1.82, 2.24) is 10.2 Å². The molecule has 0 fully saturated rings. The van der Waals surface area contributed by atoms with Crippen molar-refractivity contribution in [2.75, 3.05) is 16.0 Å². The number of ketones is 1. The summed E-state index contributed by atoms with van der Waals surface area (Å²) in [5.41, 5.74) is 9.90. The number of nitrogens with zero attached hydrogens (tertiary/aromatic N) is 4. The second kappa shape index (κ2) is 10.4. The Kier molecular flexibility index (Phi) is 7.13. The Morgan fingerprint density at radius 3 is 2.71 bits per heavy atom. The zero-order valence-corrected chi connectivity index (χ0v) is 23.6. The number of aryl methyl sites for hydroxylation is 1. The number of thioether (sulfide) groups is 1. The molecule has 194 valence electrons. The predicted molar refractivity (Wildman–Crippen MR) is 152 cm³/mol. The topological polar surface area (TPSA) is 125 Å². The molecule has 1 atom stereocenters. The van der Waals surface area contributed by atoms with Crippen molar-refractivity contribution in [3.8, 4) is 6.07 Å². The van der Waals surface area contributed by atoms with Crippen LogP contribution in [0.3, 0.4) is 0 Å². The molecule has 1 amide bonds. The number of carbonyl (C=O) groups excluding carboxylic acids is 2. The van der Waals surface area contributed by atoms with Crippen LogP contribution in [0.4, 0.5) is 10.8 Å². The van der Waals surface area contributed by atoms with Gasteiger partial charge in [-0.05, 0) is 47.9 Å². The van der Waals surface area contributed by atoms with E-state index >= 15 is 0 Å². The molecule has 2 aromatic heterocycles. The first-order valence-corrected chi connectivity index (χ1v) is 14.7. The molecule has 0 saturated carbocycles. The highest BCUT2D eigenvalue weighted by Crippen LogP contribution is 2.51. The summed E-state index contributed by atoms with van der Waals surface area (Å²) < 4.78 is 0.592. The third kappa shape index (κ3) is 4.99. The highest BCUT2D eigenvalue weighted by Gasteiger charge is 2.46. The van der Waals surface area contributed by atoms with E-state index in [0.29, 0.717) is 33.5 Å². The molecule has 3 aromatic rings. The maximum atomic E-state index is 13.6. The number of nitrogens with one attached hydrogen (secondary N) is 1. The summed E-state index contributed by atoms with van der Waals surface area (Å²) in [6.45, 7) is 6.11. The first-order valence-electron chi connectivity index (χ1n) is 12.0. The number of aromatic nitrogens is 2. The van der Waals surface area contributed by atoms with E-state index in [-0.39, 0.29) is 28.7 Å². The van der Waals surface area contributed by atoms with Crippen LogP contribution < -0.4 is 16.0 Å². The maximum absolute atomic E-state index is 13.6. The Morgan fingerprint density at radius 2 is 2.03 bits per heavy atom. The molecule has 38 heavy (non-hydrogen) atoms. The lowest BCUT2D eigenvalue weighted by Crippen LogP contribution is -2.42. The number of hydrogen-bond acceptors (Lipinski definition) is 10. The fraction of sp³-hybridized carbons (Fsp3) is 0.296. The molecular weight excluding hydrogens is 537 g/mol. The van der Waals surface area contributed by atoms with Crippen LogP contribution >= 0.6 is 34.4 Å². The second-order valence-electron chi connectivity index (χ2n) is 10.0. The fourth-order valence-corrected chi connectivity index (χ4v) is 7.59. The molecule has 2 aliphatic rings. The van der Waals surface area contributed by atoms with Crippen molar-refractivity contribution in [3.05, 3.63) is 74.9 Å². The van der Waals surface area contributed by atoms with Gasteiger partial charge in [-0.25, -0.2) is 0 Å². The summed E-state index contributed by atoms with van der Waals surface area (Å²) in [5, 5.41) is 24.2. The molecule has 8 nitrogen and oxygen atoms in total. The molecule has 0 saturated heterocycles. The number of amides is 1. The summed E-state index contributed by atoms with van der Waals surface area (Å²) in [6, 6.07) is 13.5. The average Bonchev–Trinajstić information content (AvgIpc) is 3.51. The van der Waals surface area contributed by atoms with E-state index in [4.69, 9.17) is 5.73 Å². The number of anilines is 2. The molecular formula is C27H26N6O2S3. The van der Waals surface area contributed by atoms with Gasteiger partial charge in [0.05, 0.1) is 23.3 Å². The first-order chi connectivity index (χ1) is 18.2. The summed E-state index contributed by atoms with van der Waals surface area (Å²) in [4.78, 5) is 28.7. The van der Waals surface area contributed by atoms with E-state index in [1.807, 2.05) is 48.7 Å². The van der Waals surface area contributed by atoms with Gasteiger partial charge >= 0.3 is 0 Å². The Labute approximate surface area is 233 Å². The van der Waals surface area contributed by atoms with Crippen molar-refractivity contribution in [2.24, 2.45) is 11.1 Å². The lowest BCUT2D eigenvalue weighted by Gasteiger charge is -2.42. The zero-order chi connectivity index (χ0) is 27.0. The Hall–Kier alpha value is -3.46. The summed E-state index contributed by atoms with van der Waals surface area (Å²) in [7, 11) is 0. The molecule has 1 unspecified atom stereocenters. The molecule has 1 aliphatic carbocycles. The fourth-order valence-electron chi connectivity index (χ4n) is 4.87. The summed E-state index contributed by atoms with van der Waals surface area (Å²) >= 11 is 4.09. The van der Waals surface area contributed by atoms with E-state index in [0.717, 1.165) is 21.8 Å². The number of rotatable bonds is 6. The minimum atomic E-state index is -0.488. The van der Waals surface area contributed by atoms with Gasteiger partial charge in [0.1, 0.15) is 5.82 Å². The number of nitriles is 1. The van der Waals surface area contributed by atoms with Crippen molar-refractivity contribution >= 4 is 56.9 Å². The largest absolute Gasteiger partial charge is 0.384 e. The van der Waals surface area contributed by atoms with Gasteiger partial charge in [0.15, 0.2) is 10.1 Å². The minimum absolute atomic E-state index is 0.0241. The second-order valence-corrected chi connectivity index (χ2v) is 13.1. The van der Waals surface area contributed by atoms with Crippen molar-refractivity contribution in [1.29, 1.82) is 5.26 Å². The van der Waals surface area contributed by atoms with Crippen LogP contribution in [0.5, 0.6) is 0 Å². The van der Waals surface area contributed by atoms with Crippen LogP contribution in [-0.2, 0) is 9.59 Å². The first kappa shape index (κ1) is 26.2. The molecule has 1 aromatic carbocycles. The molecule has 0 bridgehead atoms. The van der Waals surface area contributed by atoms with Gasteiger partial charge in [-0.3, -0.25) is 14.5 Å². The number of carbonyl (C=O) groups is 2. The van der Waals surface area contributed by atoms with Crippen LogP contribution in [0.15, 0.2) is 68.8 Å². The van der Waals surface area contributed by atoms with Gasteiger partial charge in [-0.2, -0.15) is 5.26 Å². The Balaban J connectivity index is 1.48. The number of Topliss-reactive ketones (excluding diaryl/α,β-unsaturated/α-hetero) is 1. The van der Waals surface area contributed by atoms with Crippen molar-refractivity contribution in [3.63, 3.8) is 0 Å². The van der Waals surface area contributed by atoms with Gasteiger partial charge in [0.25, 0.3) is 0 Å². The predicted octanol–water partition coefficient (Wildman–Crippen LogP) is 5.58. The van der Waals surface area contributed by atoms with Crippen LogP contribution in [0, 0.1) is 23.7 Å². The van der Waals surface area contributed by atoms with E-state index in [1.165, 1.54) is 34.4 Å². The summed E-state index contributed by atoms with van der Waals surface area (Å²) in [6.07, 6.45) is 1.00. The molecule has 11 heteroatoms. The Bertz CT molecular complexity index is 1510. The highest BCUT2D eigenvalue weighted by molar-refractivity contribution is 8.01. The number of hydrogen-bond donors (Lipinski definition) is 2. The normalized spacial score (nSPS) is 18.8. The number of nitrogens with two attached hydrogens (primary N) is 1. The van der Waals surface area contributed by atoms with Gasteiger partial charge in [0.2, 0.25) is 11.0 Å². The molecule has 1 aliphatic heterocycles. The number of thiophene rings is 1. The standard InChI is InChI=1S/C27H26N6O2S3/c1-15-9-10-36-23(15)21-17(13-28)24(29)33(18-11-27(2,3)12-19(34)22(18)21)25-31-32-26(38-25)37-14-20(35)30-16-7-5-4-6-8-16/h4-10,21H,11-12,14,29H2,1-3H3,(H,30,35). The SMILES string of the molecule is Cc1ccsc1C1C(C#N)=C(N)N(c2nnc(SCC(=O)Nc3ccccc3)s2)C2=C1C(=O)CC(C)(C)C2. The van der Waals surface area contributed by atoms with Crippen LogP contribution in [0.1, 0.15) is 43.0 Å². The van der Waals surface area contributed by atoms with Crippen LogP contribution in [0.25, 0.3) is 0 Å². The van der Waals surface area contributed by atoms with E-state index < -0.39 is 5.92 Å². The van der Waals surface area contributed by atoms with E-state index in [2.05, 4.69) is 35.4 Å². The average molecular weight is 563 g/mol. The lowest BCUT2D eigenvalue weighted by atomic mass is 9.69. The smallest absolute Gasteiger partial charge is 0.234 e. The number of benzene rings is 1. The molecule has 0 spiro atoms. The Morgan fingerprint density at radius 1 is 1.26 bits per heavy atom. The minimum Gasteiger partial charge on any atom is -0.384 e. The zero-order valence-electron chi connectivity index (χ0n) is 21.1. The van der Waals surface area contributed by atoms with Gasteiger partial charge in [-0.15, -0.1) is 21.5 Å². The van der Waals surface area contributed by atoms with Crippen molar-refractivity contribution in [2.45, 2.75) is 43.9 Å². The van der Waals surface area contributed by atoms with Gasteiger partial charge in [-0.1, -0.05) is 55.1 Å². The number of allylic oxidation sites excluding steroid dienone is 3. The molecule has 0 radical (unpaired) electrons. The highest BCUT2D eigenvalue weighted by atomic mass is 32.2. The quantitative estimate of drug-likeness (QED) is 0.373. The van der Waals surface area contributed by atoms with E-state index in [1.54, 1.807) is 4.90 Å². The third-order valence-electron chi connectivity index (χ3n) is 6.52. The molecule has 5 rings (SSSR count). The van der Waals surface area contributed by atoms with Crippen LogP contribution in [0.2, 0.25) is 0 Å². The maximum Gasteiger partial charge on any atom is 0.234 e. The van der Waals surface area contributed by atoms with Gasteiger partial charge in [0, 0.05) is 28.3 Å². The molecule has 3 heterocycles.